The molecule has 0 aromatic carbocycles. The predicted molar refractivity (Wildman–Crippen MR) is 105 cm³/mol. The lowest BCUT2D eigenvalue weighted by Crippen LogP contribution is -2.46. The van der Waals surface area contributed by atoms with Crippen molar-refractivity contribution in [3.63, 3.8) is 0 Å². The van der Waals surface area contributed by atoms with Crippen LogP contribution < -0.4 is 9.80 Å². The molecule has 0 bridgehead atoms. The second-order valence-electron chi connectivity index (χ2n) is 6.76. The summed E-state index contributed by atoms with van der Waals surface area (Å²) in [6.07, 6.45) is 7.99. The van der Waals surface area contributed by atoms with Gasteiger partial charge in [-0.1, -0.05) is 0 Å². The Hall–Kier alpha value is -1.73. The molecule has 1 atom stereocenters. The molecular formula is C18H25BrN6. The Morgan fingerprint density at radius 3 is 2.88 bits per heavy atom. The maximum atomic E-state index is 4.67. The molecule has 7 heteroatoms. The lowest BCUT2D eigenvalue weighted by atomic mass is 10.0. The first-order valence-electron chi connectivity index (χ1n) is 8.58. The molecule has 3 heterocycles. The van der Waals surface area contributed by atoms with E-state index in [9.17, 15) is 0 Å². The number of aromatic nitrogens is 3. The largest absolute Gasteiger partial charge is 0.355 e. The van der Waals surface area contributed by atoms with Gasteiger partial charge in [-0.05, 0) is 53.0 Å². The Morgan fingerprint density at radius 1 is 1.28 bits per heavy atom. The number of likely N-dealkylation sites (tertiary alicyclic amines) is 1. The van der Waals surface area contributed by atoms with Crippen molar-refractivity contribution < 1.29 is 0 Å². The summed E-state index contributed by atoms with van der Waals surface area (Å²) in [5, 5.41) is 0. The number of halogens is 1. The summed E-state index contributed by atoms with van der Waals surface area (Å²) in [5.74, 6) is 1.73. The van der Waals surface area contributed by atoms with Gasteiger partial charge in [0.2, 0.25) is 5.95 Å². The smallest absolute Gasteiger partial charge is 0.226 e. The fourth-order valence-corrected chi connectivity index (χ4v) is 3.64. The van der Waals surface area contributed by atoms with E-state index in [0.29, 0.717) is 6.04 Å². The number of hydrogen-bond donors (Lipinski definition) is 0. The van der Waals surface area contributed by atoms with Crippen LogP contribution in [0, 0.1) is 0 Å². The zero-order chi connectivity index (χ0) is 17.8. The van der Waals surface area contributed by atoms with Crippen molar-refractivity contribution in [1.29, 1.82) is 0 Å². The average molecular weight is 405 g/mol. The fourth-order valence-electron chi connectivity index (χ4n) is 3.23. The van der Waals surface area contributed by atoms with Gasteiger partial charge in [-0.15, -0.1) is 0 Å². The van der Waals surface area contributed by atoms with Crippen LogP contribution in [0.25, 0.3) is 0 Å². The Kier molecular flexibility index (Phi) is 5.86. The highest BCUT2D eigenvalue weighted by Gasteiger charge is 2.24. The summed E-state index contributed by atoms with van der Waals surface area (Å²) in [6.45, 7) is 3.09. The van der Waals surface area contributed by atoms with E-state index >= 15 is 0 Å². The van der Waals surface area contributed by atoms with Gasteiger partial charge in [-0.25, -0.2) is 4.98 Å². The van der Waals surface area contributed by atoms with E-state index < -0.39 is 0 Å². The Balaban J connectivity index is 1.67. The van der Waals surface area contributed by atoms with Crippen LogP contribution in [-0.4, -0.2) is 60.1 Å². The van der Waals surface area contributed by atoms with Crippen LogP contribution in [0.5, 0.6) is 0 Å². The molecule has 25 heavy (non-hydrogen) atoms. The standard InChI is InChI=1S/C18H25BrN6/c1-23(2)18-21-7-6-17(22-18)24(3)16-5-4-8-25(13-16)12-14-9-15(19)11-20-10-14/h6-7,9-11,16H,4-5,8,12-13H2,1-3H3. The third kappa shape index (κ3) is 4.67. The first-order chi connectivity index (χ1) is 12.0. The van der Waals surface area contributed by atoms with Crippen molar-refractivity contribution in [2.24, 2.45) is 0 Å². The maximum Gasteiger partial charge on any atom is 0.226 e. The zero-order valence-electron chi connectivity index (χ0n) is 15.1. The zero-order valence-corrected chi connectivity index (χ0v) is 16.6. The number of pyridine rings is 1. The van der Waals surface area contributed by atoms with Crippen LogP contribution in [0.3, 0.4) is 0 Å². The normalized spacial score (nSPS) is 18.2. The molecule has 134 valence electrons. The summed E-state index contributed by atoms with van der Waals surface area (Å²) in [5.41, 5.74) is 1.25. The number of anilines is 2. The third-order valence-electron chi connectivity index (χ3n) is 4.59. The minimum atomic E-state index is 0.457. The molecule has 0 amide bonds. The van der Waals surface area contributed by atoms with E-state index in [1.807, 2.05) is 43.7 Å². The molecule has 1 fully saturated rings. The van der Waals surface area contributed by atoms with Crippen molar-refractivity contribution in [3.05, 3.63) is 40.8 Å². The van der Waals surface area contributed by atoms with E-state index in [0.717, 1.165) is 35.9 Å². The molecule has 0 aliphatic carbocycles. The number of rotatable bonds is 5. The topological polar surface area (TPSA) is 48.4 Å². The number of nitrogens with zero attached hydrogens (tertiary/aromatic N) is 6. The number of hydrogen-bond acceptors (Lipinski definition) is 6. The minimum Gasteiger partial charge on any atom is -0.355 e. The van der Waals surface area contributed by atoms with Gasteiger partial charge < -0.3 is 9.80 Å². The van der Waals surface area contributed by atoms with Gasteiger partial charge in [0, 0.05) is 63.3 Å². The first kappa shape index (κ1) is 18.1. The van der Waals surface area contributed by atoms with E-state index in [2.05, 4.69) is 53.8 Å². The quantitative estimate of drug-likeness (QED) is 0.763. The molecule has 0 spiro atoms. The van der Waals surface area contributed by atoms with Gasteiger partial charge in [0.25, 0.3) is 0 Å². The molecule has 2 aromatic rings. The van der Waals surface area contributed by atoms with Gasteiger partial charge in [-0.2, -0.15) is 4.98 Å². The first-order valence-corrected chi connectivity index (χ1v) is 9.37. The van der Waals surface area contributed by atoms with E-state index in [-0.39, 0.29) is 0 Å². The highest BCUT2D eigenvalue weighted by atomic mass is 79.9. The lowest BCUT2D eigenvalue weighted by molar-refractivity contribution is 0.198. The molecule has 1 aliphatic heterocycles. The van der Waals surface area contributed by atoms with Crippen LogP contribution in [0.15, 0.2) is 35.2 Å². The SMILES string of the molecule is CN(C)c1nccc(N(C)C2CCCN(Cc3cncc(Br)c3)C2)n1. The molecule has 2 aromatic heterocycles. The van der Waals surface area contributed by atoms with E-state index in [4.69, 9.17) is 0 Å². The highest BCUT2D eigenvalue weighted by molar-refractivity contribution is 9.10. The van der Waals surface area contributed by atoms with Gasteiger partial charge >= 0.3 is 0 Å². The van der Waals surface area contributed by atoms with Gasteiger partial charge in [0.15, 0.2) is 0 Å². The second-order valence-corrected chi connectivity index (χ2v) is 7.68. The monoisotopic (exact) mass is 404 g/mol. The second kappa shape index (κ2) is 8.10. The molecule has 1 aliphatic rings. The predicted octanol–water partition coefficient (Wildman–Crippen LogP) is 2.80. The average Bonchev–Trinajstić information content (AvgIpc) is 2.61. The summed E-state index contributed by atoms with van der Waals surface area (Å²) in [4.78, 5) is 20.0. The van der Waals surface area contributed by atoms with Gasteiger partial charge in [0.1, 0.15) is 5.82 Å². The van der Waals surface area contributed by atoms with Crippen LogP contribution in [0.1, 0.15) is 18.4 Å². The molecule has 0 radical (unpaired) electrons. The summed E-state index contributed by atoms with van der Waals surface area (Å²) in [7, 11) is 6.07. The molecule has 0 N–H and O–H groups in total. The van der Waals surface area contributed by atoms with Gasteiger partial charge in [0.05, 0.1) is 0 Å². The third-order valence-corrected chi connectivity index (χ3v) is 5.02. The van der Waals surface area contributed by atoms with Crippen molar-refractivity contribution in [3.8, 4) is 0 Å². The molecule has 1 saturated heterocycles. The van der Waals surface area contributed by atoms with Crippen LogP contribution in [0.2, 0.25) is 0 Å². The van der Waals surface area contributed by atoms with Gasteiger partial charge in [-0.3, -0.25) is 9.88 Å². The minimum absolute atomic E-state index is 0.457. The van der Waals surface area contributed by atoms with E-state index in [1.165, 1.54) is 18.4 Å². The van der Waals surface area contributed by atoms with Crippen molar-refractivity contribution in [2.75, 3.05) is 44.0 Å². The van der Waals surface area contributed by atoms with Crippen LogP contribution >= 0.6 is 15.9 Å². The summed E-state index contributed by atoms with van der Waals surface area (Å²) < 4.78 is 1.04. The molecular weight excluding hydrogens is 380 g/mol. The maximum absolute atomic E-state index is 4.67. The Labute approximate surface area is 158 Å². The van der Waals surface area contributed by atoms with Crippen molar-refractivity contribution in [2.45, 2.75) is 25.4 Å². The molecule has 0 saturated carbocycles. The molecule has 3 rings (SSSR count). The summed E-state index contributed by atoms with van der Waals surface area (Å²) >= 11 is 3.50. The van der Waals surface area contributed by atoms with Crippen molar-refractivity contribution in [1.82, 2.24) is 19.9 Å². The summed E-state index contributed by atoms with van der Waals surface area (Å²) in [6, 6.07) is 4.59. The van der Waals surface area contributed by atoms with E-state index in [1.54, 1.807) is 0 Å². The van der Waals surface area contributed by atoms with Crippen LogP contribution in [0.4, 0.5) is 11.8 Å². The lowest BCUT2D eigenvalue weighted by Gasteiger charge is -2.38. The number of piperidine rings is 1. The Bertz CT molecular complexity index is 707. The highest BCUT2D eigenvalue weighted by Crippen LogP contribution is 2.22. The van der Waals surface area contributed by atoms with Crippen molar-refractivity contribution >= 4 is 27.7 Å². The molecule has 6 nitrogen and oxygen atoms in total. The Morgan fingerprint density at radius 2 is 2.12 bits per heavy atom. The fraction of sp³-hybridized carbons (Fsp3) is 0.500. The number of likely N-dealkylation sites (N-methyl/N-ethyl adjacent to an activating group) is 1. The van der Waals surface area contributed by atoms with Crippen LogP contribution in [-0.2, 0) is 6.54 Å². The molecule has 1 unspecified atom stereocenters.